The molecule has 0 fully saturated rings. The maximum atomic E-state index is 5.59. The number of rotatable bonds is 9. The van der Waals surface area contributed by atoms with Crippen LogP contribution in [-0.2, 0) is 16.0 Å². The zero-order valence-corrected chi connectivity index (χ0v) is 12.3. The first-order valence-corrected chi connectivity index (χ1v) is 6.53. The van der Waals surface area contributed by atoms with Crippen molar-refractivity contribution in [3.05, 3.63) is 29.6 Å². The van der Waals surface area contributed by atoms with Crippen LogP contribution in [0, 0.1) is 0 Å². The minimum absolute atomic E-state index is 0.321. The summed E-state index contributed by atoms with van der Waals surface area (Å²) in [4.78, 5) is 6.71. The van der Waals surface area contributed by atoms with E-state index in [1.807, 2.05) is 12.1 Å². The summed E-state index contributed by atoms with van der Waals surface area (Å²) >= 11 is 4.94. The Morgan fingerprint density at radius 3 is 2.47 bits per heavy atom. The fourth-order valence-corrected chi connectivity index (χ4v) is 1.79. The van der Waals surface area contributed by atoms with Gasteiger partial charge in [-0.05, 0) is 17.7 Å². The summed E-state index contributed by atoms with van der Waals surface area (Å²) in [6.07, 6.45) is 1.73. The van der Waals surface area contributed by atoms with Crippen molar-refractivity contribution in [2.75, 3.05) is 40.5 Å². The number of thiocarbonyl (C=S) groups is 1. The number of aromatic nitrogens is 1. The van der Waals surface area contributed by atoms with E-state index in [-0.39, 0.29) is 0 Å². The normalized spacial score (nSPS) is 10.9. The molecule has 0 aliphatic carbocycles. The highest BCUT2D eigenvalue weighted by Crippen LogP contribution is 2.06. The molecule has 0 amide bonds. The summed E-state index contributed by atoms with van der Waals surface area (Å²) < 4.78 is 10.2. The quantitative estimate of drug-likeness (QED) is 0.677. The number of pyridine rings is 1. The molecule has 19 heavy (non-hydrogen) atoms. The van der Waals surface area contributed by atoms with E-state index < -0.39 is 0 Å². The third-order valence-corrected chi connectivity index (χ3v) is 2.92. The predicted octanol–water partition coefficient (Wildman–Crippen LogP) is 0.811. The van der Waals surface area contributed by atoms with Gasteiger partial charge < -0.3 is 15.2 Å². The van der Waals surface area contributed by atoms with E-state index in [1.54, 1.807) is 20.4 Å². The first-order valence-electron chi connectivity index (χ1n) is 6.12. The summed E-state index contributed by atoms with van der Waals surface area (Å²) in [7, 11) is 3.40. The van der Waals surface area contributed by atoms with Crippen molar-refractivity contribution in [1.82, 2.24) is 9.88 Å². The zero-order valence-electron chi connectivity index (χ0n) is 11.5. The van der Waals surface area contributed by atoms with Crippen molar-refractivity contribution in [3.8, 4) is 0 Å². The first kappa shape index (κ1) is 16.0. The van der Waals surface area contributed by atoms with E-state index in [0.29, 0.717) is 23.9 Å². The molecular weight excluding hydrogens is 262 g/mol. The molecule has 0 atom stereocenters. The second-order valence-electron chi connectivity index (χ2n) is 4.18. The van der Waals surface area contributed by atoms with Crippen LogP contribution in [0.1, 0.15) is 11.3 Å². The van der Waals surface area contributed by atoms with Gasteiger partial charge in [-0.1, -0.05) is 12.2 Å². The van der Waals surface area contributed by atoms with Crippen LogP contribution in [0.15, 0.2) is 18.3 Å². The molecule has 1 aromatic rings. The Labute approximate surface area is 119 Å². The van der Waals surface area contributed by atoms with Gasteiger partial charge in [-0.2, -0.15) is 0 Å². The van der Waals surface area contributed by atoms with Gasteiger partial charge in [-0.25, -0.2) is 0 Å². The molecule has 0 radical (unpaired) electrons. The molecule has 2 N–H and O–H groups in total. The molecule has 0 unspecified atom stereocenters. The molecule has 5 nitrogen and oxygen atoms in total. The maximum Gasteiger partial charge on any atom is 0.122 e. The van der Waals surface area contributed by atoms with Crippen molar-refractivity contribution < 1.29 is 9.47 Å². The molecule has 0 aromatic carbocycles. The predicted molar refractivity (Wildman–Crippen MR) is 79.2 cm³/mol. The molecule has 0 spiro atoms. The van der Waals surface area contributed by atoms with Crippen molar-refractivity contribution in [2.24, 2.45) is 5.73 Å². The lowest BCUT2D eigenvalue weighted by molar-refractivity contribution is 0.110. The standard InChI is InChI=1S/C13H21N3O2S/c1-17-7-5-16(6-8-18-2)10-11-3-4-15-12(9-11)13(14)19/h3-4,9H,5-8,10H2,1-2H3,(H2,14,19). The number of nitrogens with two attached hydrogens (primary N) is 1. The van der Waals surface area contributed by atoms with E-state index in [4.69, 9.17) is 27.4 Å². The largest absolute Gasteiger partial charge is 0.388 e. The average molecular weight is 283 g/mol. The Kier molecular flexibility index (Phi) is 7.50. The summed E-state index contributed by atoms with van der Waals surface area (Å²) in [5, 5.41) is 0. The van der Waals surface area contributed by atoms with Gasteiger partial charge in [-0.15, -0.1) is 0 Å². The fraction of sp³-hybridized carbons (Fsp3) is 0.538. The maximum absolute atomic E-state index is 5.59. The van der Waals surface area contributed by atoms with Crippen LogP contribution in [-0.4, -0.2) is 55.4 Å². The number of hydrogen-bond acceptors (Lipinski definition) is 5. The Bertz CT molecular complexity index is 393. The molecule has 0 aliphatic heterocycles. The summed E-state index contributed by atoms with van der Waals surface area (Å²) in [5.41, 5.74) is 7.38. The van der Waals surface area contributed by atoms with Gasteiger partial charge in [0.2, 0.25) is 0 Å². The fourth-order valence-electron chi connectivity index (χ4n) is 1.68. The number of methoxy groups -OCH3 is 2. The second-order valence-corrected chi connectivity index (χ2v) is 4.62. The van der Waals surface area contributed by atoms with Gasteiger partial charge in [-0.3, -0.25) is 9.88 Å². The Balaban J connectivity index is 2.65. The lowest BCUT2D eigenvalue weighted by atomic mass is 10.2. The Morgan fingerprint density at radius 2 is 1.95 bits per heavy atom. The summed E-state index contributed by atoms with van der Waals surface area (Å²) in [6, 6.07) is 3.89. The summed E-state index contributed by atoms with van der Waals surface area (Å²) in [5.74, 6) is 0. The van der Waals surface area contributed by atoms with Gasteiger partial charge in [0.15, 0.2) is 0 Å². The third kappa shape index (κ3) is 6.07. The number of ether oxygens (including phenoxy) is 2. The number of hydrogen-bond donors (Lipinski definition) is 1. The molecule has 0 saturated carbocycles. The number of nitrogens with zero attached hydrogens (tertiary/aromatic N) is 2. The Morgan fingerprint density at radius 1 is 1.32 bits per heavy atom. The molecule has 0 bridgehead atoms. The lowest BCUT2D eigenvalue weighted by Crippen LogP contribution is -2.30. The van der Waals surface area contributed by atoms with Gasteiger partial charge in [0.25, 0.3) is 0 Å². The average Bonchev–Trinajstić information content (AvgIpc) is 2.42. The van der Waals surface area contributed by atoms with Crippen molar-refractivity contribution >= 4 is 17.2 Å². The monoisotopic (exact) mass is 283 g/mol. The van der Waals surface area contributed by atoms with Crippen molar-refractivity contribution in [3.63, 3.8) is 0 Å². The molecular formula is C13H21N3O2S. The minimum Gasteiger partial charge on any atom is -0.388 e. The van der Waals surface area contributed by atoms with E-state index in [2.05, 4.69) is 9.88 Å². The van der Waals surface area contributed by atoms with Gasteiger partial charge >= 0.3 is 0 Å². The van der Waals surface area contributed by atoms with Gasteiger partial charge in [0.1, 0.15) is 4.99 Å². The lowest BCUT2D eigenvalue weighted by Gasteiger charge is -2.21. The summed E-state index contributed by atoms with van der Waals surface area (Å²) in [6.45, 7) is 3.88. The molecule has 0 aliphatic rings. The molecule has 6 heteroatoms. The van der Waals surface area contributed by atoms with Crippen LogP contribution in [0.4, 0.5) is 0 Å². The van der Waals surface area contributed by atoms with Crippen molar-refractivity contribution in [2.45, 2.75) is 6.54 Å². The van der Waals surface area contributed by atoms with Crippen LogP contribution in [0.25, 0.3) is 0 Å². The Hall–Kier alpha value is -1.08. The van der Waals surface area contributed by atoms with E-state index >= 15 is 0 Å². The van der Waals surface area contributed by atoms with E-state index in [1.165, 1.54) is 0 Å². The SMILES string of the molecule is COCCN(CCOC)Cc1ccnc(C(N)=S)c1. The van der Waals surface area contributed by atoms with Crippen LogP contribution in [0.5, 0.6) is 0 Å². The van der Waals surface area contributed by atoms with Crippen LogP contribution in [0.2, 0.25) is 0 Å². The van der Waals surface area contributed by atoms with Crippen molar-refractivity contribution in [1.29, 1.82) is 0 Å². The topological polar surface area (TPSA) is 60.6 Å². The van der Waals surface area contributed by atoms with Crippen LogP contribution >= 0.6 is 12.2 Å². The molecule has 1 heterocycles. The highest BCUT2D eigenvalue weighted by atomic mass is 32.1. The van der Waals surface area contributed by atoms with Gasteiger partial charge in [0.05, 0.1) is 18.9 Å². The van der Waals surface area contributed by atoms with E-state index in [9.17, 15) is 0 Å². The molecule has 1 rings (SSSR count). The van der Waals surface area contributed by atoms with Crippen LogP contribution in [0.3, 0.4) is 0 Å². The zero-order chi connectivity index (χ0) is 14.1. The minimum atomic E-state index is 0.321. The molecule has 0 saturated heterocycles. The highest BCUT2D eigenvalue weighted by Gasteiger charge is 2.07. The molecule has 1 aromatic heterocycles. The van der Waals surface area contributed by atoms with Crippen LogP contribution < -0.4 is 5.73 Å². The second kappa shape index (κ2) is 8.92. The van der Waals surface area contributed by atoms with Gasteiger partial charge in [0, 0.05) is 40.1 Å². The third-order valence-electron chi connectivity index (χ3n) is 2.71. The molecule has 106 valence electrons. The smallest absolute Gasteiger partial charge is 0.122 e. The highest BCUT2D eigenvalue weighted by molar-refractivity contribution is 7.80. The van der Waals surface area contributed by atoms with E-state index in [0.717, 1.165) is 25.2 Å². The first-order chi connectivity index (χ1) is 9.17.